The summed E-state index contributed by atoms with van der Waals surface area (Å²) in [6, 6.07) is 6.50. The zero-order chi connectivity index (χ0) is 12.8. The number of amidine groups is 1. The zero-order valence-corrected chi connectivity index (χ0v) is 10.0. The monoisotopic (exact) mass is 239 g/mol. The lowest BCUT2D eigenvalue weighted by Crippen LogP contribution is -2.33. The summed E-state index contributed by atoms with van der Waals surface area (Å²) in [4.78, 5) is 0. The standard InChI is InChI=1S/C12H18FN3O/c1-8(7-12(14)16-17)15-9(2)10-3-5-11(13)6-4-10/h3-6,8-9,15,17H,7H2,1-2H3,(H2,14,16)/t8?,9-/m0/s1. The third-order valence-corrected chi connectivity index (χ3v) is 2.55. The van der Waals surface area contributed by atoms with Crippen LogP contribution in [0.4, 0.5) is 4.39 Å². The zero-order valence-electron chi connectivity index (χ0n) is 10.0. The van der Waals surface area contributed by atoms with Crippen molar-refractivity contribution in [3.8, 4) is 0 Å². The van der Waals surface area contributed by atoms with Crippen molar-refractivity contribution < 1.29 is 9.60 Å². The van der Waals surface area contributed by atoms with Gasteiger partial charge in [-0.3, -0.25) is 0 Å². The minimum Gasteiger partial charge on any atom is -0.409 e. The fraction of sp³-hybridized carbons (Fsp3) is 0.417. The van der Waals surface area contributed by atoms with E-state index in [1.54, 1.807) is 12.1 Å². The minimum absolute atomic E-state index is 0.0750. The Kier molecular flexibility index (Phi) is 4.90. The van der Waals surface area contributed by atoms with Crippen molar-refractivity contribution in [3.63, 3.8) is 0 Å². The molecule has 0 saturated carbocycles. The van der Waals surface area contributed by atoms with Crippen LogP contribution in [0.1, 0.15) is 31.9 Å². The molecule has 5 heteroatoms. The molecule has 1 aromatic carbocycles. The summed E-state index contributed by atoms with van der Waals surface area (Å²) in [6.45, 7) is 3.92. The predicted octanol–water partition coefficient (Wildman–Crippen LogP) is 2.00. The van der Waals surface area contributed by atoms with Gasteiger partial charge in [0.05, 0.1) is 0 Å². The van der Waals surface area contributed by atoms with Crippen molar-refractivity contribution in [1.29, 1.82) is 0 Å². The topological polar surface area (TPSA) is 70.6 Å². The van der Waals surface area contributed by atoms with Crippen LogP contribution >= 0.6 is 0 Å². The molecule has 1 rings (SSSR count). The van der Waals surface area contributed by atoms with Crippen LogP contribution in [0.2, 0.25) is 0 Å². The molecule has 1 unspecified atom stereocenters. The number of nitrogens with zero attached hydrogens (tertiary/aromatic N) is 1. The molecule has 0 saturated heterocycles. The van der Waals surface area contributed by atoms with E-state index in [-0.39, 0.29) is 23.7 Å². The van der Waals surface area contributed by atoms with Crippen LogP contribution in [-0.2, 0) is 0 Å². The number of hydrogen-bond donors (Lipinski definition) is 3. The first-order valence-electron chi connectivity index (χ1n) is 5.51. The van der Waals surface area contributed by atoms with Crippen molar-refractivity contribution in [1.82, 2.24) is 5.32 Å². The fourth-order valence-electron chi connectivity index (χ4n) is 1.69. The van der Waals surface area contributed by atoms with Gasteiger partial charge in [0.1, 0.15) is 11.7 Å². The molecule has 94 valence electrons. The highest BCUT2D eigenvalue weighted by Crippen LogP contribution is 2.14. The SMILES string of the molecule is CC(C/C(N)=N/O)N[C@@H](C)c1ccc(F)cc1. The highest BCUT2D eigenvalue weighted by molar-refractivity contribution is 5.80. The van der Waals surface area contributed by atoms with Crippen molar-refractivity contribution in [2.45, 2.75) is 32.4 Å². The Hall–Kier alpha value is -1.62. The molecule has 0 heterocycles. The van der Waals surface area contributed by atoms with Gasteiger partial charge in [-0.1, -0.05) is 17.3 Å². The van der Waals surface area contributed by atoms with Crippen molar-refractivity contribution in [2.75, 3.05) is 0 Å². The van der Waals surface area contributed by atoms with E-state index < -0.39 is 0 Å². The van der Waals surface area contributed by atoms with E-state index in [0.29, 0.717) is 6.42 Å². The summed E-state index contributed by atoms with van der Waals surface area (Å²) in [5.74, 6) is -0.0537. The Morgan fingerprint density at radius 3 is 2.53 bits per heavy atom. The number of nitrogens with one attached hydrogen (secondary N) is 1. The van der Waals surface area contributed by atoms with Crippen LogP contribution in [0, 0.1) is 5.82 Å². The molecule has 0 aliphatic rings. The van der Waals surface area contributed by atoms with Gasteiger partial charge in [0, 0.05) is 18.5 Å². The van der Waals surface area contributed by atoms with Gasteiger partial charge in [-0.25, -0.2) is 4.39 Å². The van der Waals surface area contributed by atoms with Crippen LogP contribution < -0.4 is 11.1 Å². The Labute approximate surface area is 100 Å². The first-order chi connectivity index (χ1) is 8.02. The number of benzene rings is 1. The van der Waals surface area contributed by atoms with Gasteiger partial charge in [-0.15, -0.1) is 0 Å². The van der Waals surface area contributed by atoms with E-state index in [2.05, 4.69) is 10.5 Å². The maximum atomic E-state index is 12.7. The van der Waals surface area contributed by atoms with Gasteiger partial charge in [0.25, 0.3) is 0 Å². The molecule has 0 aliphatic carbocycles. The van der Waals surface area contributed by atoms with Gasteiger partial charge >= 0.3 is 0 Å². The lowest BCUT2D eigenvalue weighted by Gasteiger charge is -2.19. The van der Waals surface area contributed by atoms with Gasteiger partial charge in [-0.2, -0.15) is 0 Å². The second-order valence-electron chi connectivity index (χ2n) is 4.14. The first-order valence-corrected chi connectivity index (χ1v) is 5.51. The second-order valence-corrected chi connectivity index (χ2v) is 4.14. The van der Waals surface area contributed by atoms with Crippen molar-refractivity contribution in [3.05, 3.63) is 35.6 Å². The molecule has 0 radical (unpaired) electrons. The van der Waals surface area contributed by atoms with Crippen molar-refractivity contribution >= 4 is 5.84 Å². The third-order valence-electron chi connectivity index (χ3n) is 2.55. The largest absolute Gasteiger partial charge is 0.409 e. The highest BCUT2D eigenvalue weighted by atomic mass is 19.1. The summed E-state index contributed by atoms with van der Waals surface area (Å²) in [7, 11) is 0. The lowest BCUT2D eigenvalue weighted by molar-refractivity contribution is 0.315. The summed E-state index contributed by atoms with van der Waals surface area (Å²) in [5.41, 5.74) is 6.42. The van der Waals surface area contributed by atoms with Crippen LogP contribution in [-0.4, -0.2) is 17.1 Å². The first kappa shape index (κ1) is 13.4. The number of hydrogen-bond acceptors (Lipinski definition) is 3. The minimum atomic E-state index is -0.245. The van der Waals surface area contributed by atoms with E-state index >= 15 is 0 Å². The van der Waals surface area contributed by atoms with E-state index in [9.17, 15) is 4.39 Å². The third kappa shape index (κ3) is 4.40. The van der Waals surface area contributed by atoms with Crippen LogP contribution in [0.3, 0.4) is 0 Å². The Bertz CT molecular complexity index is 378. The summed E-state index contributed by atoms with van der Waals surface area (Å²) in [6.07, 6.45) is 0.460. The van der Waals surface area contributed by atoms with E-state index in [1.807, 2.05) is 13.8 Å². The average Bonchev–Trinajstić information content (AvgIpc) is 2.29. The predicted molar refractivity (Wildman–Crippen MR) is 65.4 cm³/mol. The molecule has 0 fully saturated rings. The summed E-state index contributed by atoms with van der Waals surface area (Å²) < 4.78 is 12.7. The van der Waals surface area contributed by atoms with Gasteiger partial charge in [0.15, 0.2) is 0 Å². The molecule has 4 nitrogen and oxygen atoms in total. The molecule has 17 heavy (non-hydrogen) atoms. The molecule has 0 aliphatic heterocycles. The normalized spacial score (nSPS) is 15.6. The van der Waals surface area contributed by atoms with Gasteiger partial charge < -0.3 is 16.3 Å². The van der Waals surface area contributed by atoms with Crippen molar-refractivity contribution in [2.24, 2.45) is 10.9 Å². The number of halogens is 1. The molecule has 4 N–H and O–H groups in total. The van der Waals surface area contributed by atoms with Crippen LogP contribution in [0.5, 0.6) is 0 Å². The Balaban J connectivity index is 2.54. The molecule has 0 aromatic heterocycles. The average molecular weight is 239 g/mol. The molecular weight excluding hydrogens is 221 g/mol. The molecule has 0 bridgehead atoms. The summed E-state index contributed by atoms with van der Waals surface area (Å²) >= 11 is 0. The number of nitrogens with two attached hydrogens (primary N) is 1. The fourth-order valence-corrected chi connectivity index (χ4v) is 1.69. The van der Waals surface area contributed by atoms with E-state index in [4.69, 9.17) is 10.9 Å². The number of oxime groups is 1. The van der Waals surface area contributed by atoms with E-state index in [1.165, 1.54) is 12.1 Å². The molecule has 0 amide bonds. The maximum absolute atomic E-state index is 12.7. The second kappa shape index (κ2) is 6.20. The van der Waals surface area contributed by atoms with Crippen LogP contribution in [0.15, 0.2) is 29.4 Å². The highest BCUT2D eigenvalue weighted by Gasteiger charge is 2.10. The van der Waals surface area contributed by atoms with Gasteiger partial charge in [-0.05, 0) is 31.5 Å². The number of rotatable bonds is 5. The van der Waals surface area contributed by atoms with Gasteiger partial charge in [0.2, 0.25) is 0 Å². The molecule has 1 aromatic rings. The quantitative estimate of drug-likeness (QED) is 0.318. The smallest absolute Gasteiger partial charge is 0.140 e. The summed E-state index contributed by atoms with van der Waals surface area (Å²) in [5, 5.41) is 14.7. The molecular formula is C12H18FN3O. The Morgan fingerprint density at radius 2 is 2.00 bits per heavy atom. The maximum Gasteiger partial charge on any atom is 0.140 e. The Morgan fingerprint density at radius 1 is 1.41 bits per heavy atom. The lowest BCUT2D eigenvalue weighted by atomic mass is 10.1. The van der Waals surface area contributed by atoms with E-state index in [0.717, 1.165) is 5.56 Å². The van der Waals surface area contributed by atoms with Crippen LogP contribution in [0.25, 0.3) is 0 Å². The molecule has 0 spiro atoms. The molecule has 2 atom stereocenters.